The fourth-order valence-electron chi connectivity index (χ4n) is 0.930. The van der Waals surface area contributed by atoms with Gasteiger partial charge < -0.3 is 0 Å². The number of carbonyl (C=O) groups is 1. The van der Waals surface area contributed by atoms with Gasteiger partial charge in [0.2, 0.25) is 0 Å². The van der Waals surface area contributed by atoms with E-state index < -0.39 is 0 Å². The number of allylic oxidation sites excluding steroid dienone is 1. The van der Waals surface area contributed by atoms with Crippen LogP contribution in [-0.2, 0) is 4.79 Å². The minimum absolute atomic E-state index is 0.0818. The van der Waals surface area contributed by atoms with Gasteiger partial charge >= 0.3 is 0 Å². The van der Waals surface area contributed by atoms with Crippen molar-refractivity contribution < 1.29 is 4.79 Å². The molecule has 12 heavy (non-hydrogen) atoms. The van der Waals surface area contributed by atoms with Crippen LogP contribution in [0.15, 0.2) is 25.3 Å². The summed E-state index contributed by atoms with van der Waals surface area (Å²) in [7, 11) is 0. The van der Waals surface area contributed by atoms with Crippen molar-refractivity contribution in [2.45, 2.75) is 25.0 Å². The normalized spacial score (nSPS) is 14.8. The van der Waals surface area contributed by atoms with Crippen LogP contribution in [0.4, 0.5) is 0 Å². The molecule has 0 saturated heterocycles. The number of thioether (sulfide) groups is 1. The molecule has 0 aliphatic rings. The van der Waals surface area contributed by atoms with E-state index in [1.54, 1.807) is 11.8 Å². The summed E-state index contributed by atoms with van der Waals surface area (Å²) in [5, 5.41) is 0. The first-order valence-electron chi connectivity index (χ1n) is 4.00. The summed E-state index contributed by atoms with van der Waals surface area (Å²) in [6.07, 6.45) is 3.71. The van der Waals surface area contributed by atoms with Crippen molar-refractivity contribution in [1.29, 1.82) is 0 Å². The molecule has 0 heterocycles. The maximum absolute atomic E-state index is 11.1. The highest BCUT2D eigenvalue weighted by Crippen LogP contribution is 2.29. The molecule has 0 aromatic carbocycles. The lowest BCUT2D eigenvalue weighted by molar-refractivity contribution is -0.114. The Labute approximate surface area is 78.9 Å². The number of rotatable bonds is 6. The van der Waals surface area contributed by atoms with Gasteiger partial charge in [-0.1, -0.05) is 19.6 Å². The number of hydrogen-bond acceptors (Lipinski definition) is 2. The van der Waals surface area contributed by atoms with Crippen molar-refractivity contribution in [2.24, 2.45) is 0 Å². The summed E-state index contributed by atoms with van der Waals surface area (Å²) in [5.41, 5.74) is 0. The Kier molecular flexibility index (Phi) is 4.98. The summed E-state index contributed by atoms with van der Waals surface area (Å²) >= 11 is 1.74. The Morgan fingerprint density at radius 1 is 1.58 bits per heavy atom. The first-order chi connectivity index (χ1) is 5.58. The summed E-state index contributed by atoms with van der Waals surface area (Å²) in [6, 6.07) is 0. The van der Waals surface area contributed by atoms with Crippen molar-refractivity contribution in [2.75, 3.05) is 5.75 Å². The Hall–Kier alpha value is -0.500. The minimum Gasteiger partial charge on any atom is -0.295 e. The molecule has 1 unspecified atom stereocenters. The van der Waals surface area contributed by atoms with Crippen molar-refractivity contribution in [3.05, 3.63) is 25.3 Å². The van der Waals surface area contributed by atoms with Crippen LogP contribution in [0.5, 0.6) is 0 Å². The predicted molar refractivity (Wildman–Crippen MR) is 56.6 cm³/mol. The standard InChI is InChI=1S/C10H16OS/c1-5-9(11)8-10(4,6-2)12-7-3/h5-6H,1-2,7-8H2,3-4H3. The predicted octanol–water partition coefficient (Wildman–Crippen LogP) is 2.83. The van der Waals surface area contributed by atoms with Gasteiger partial charge in [-0.2, -0.15) is 11.8 Å². The molecule has 0 rings (SSSR count). The van der Waals surface area contributed by atoms with E-state index >= 15 is 0 Å². The fourth-order valence-corrected chi connectivity index (χ4v) is 1.95. The van der Waals surface area contributed by atoms with Gasteiger partial charge in [0.05, 0.1) is 0 Å². The summed E-state index contributed by atoms with van der Waals surface area (Å²) < 4.78 is -0.125. The van der Waals surface area contributed by atoms with Gasteiger partial charge in [-0.25, -0.2) is 0 Å². The Bertz CT molecular complexity index is 186. The van der Waals surface area contributed by atoms with Gasteiger partial charge in [-0.05, 0) is 18.8 Å². The van der Waals surface area contributed by atoms with E-state index in [1.807, 2.05) is 13.0 Å². The average Bonchev–Trinajstić information content (AvgIpc) is 2.05. The molecule has 0 saturated carbocycles. The van der Waals surface area contributed by atoms with Crippen LogP contribution < -0.4 is 0 Å². The van der Waals surface area contributed by atoms with E-state index in [0.29, 0.717) is 6.42 Å². The molecule has 0 amide bonds. The van der Waals surface area contributed by atoms with E-state index in [-0.39, 0.29) is 10.5 Å². The van der Waals surface area contributed by atoms with Crippen molar-refractivity contribution in [3.63, 3.8) is 0 Å². The second-order valence-corrected chi connectivity index (χ2v) is 4.60. The second kappa shape index (κ2) is 5.20. The molecule has 0 aromatic rings. The zero-order valence-corrected chi connectivity index (χ0v) is 8.62. The molecule has 0 aliphatic carbocycles. The van der Waals surface area contributed by atoms with Crippen LogP contribution in [-0.4, -0.2) is 16.3 Å². The minimum atomic E-state index is -0.125. The van der Waals surface area contributed by atoms with Crippen LogP contribution >= 0.6 is 11.8 Å². The van der Waals surface area contributed by atoms with Gasteiger partial charge in [0.15, 0.2) is 5.78 Å². The highest BCUT2D eigenvalue weighted by Gasteiger charge is 2.22. The number of carbonyl (C=O) groups excluding carboxylic acids is 1. The van der Waals surface area contributed by atoms with Crippen LogP contribution in [0.25, 0.3) is 0 Å². The highest BCUT2D eigenvalue weighted by molar-refractivity contribution is 8.00. The topological polar surface area (TPSA) is 17.1 Å². The maximum Gasteiger partial charge on any atom is 0.156 e. The van der Waals surface area contributed by atoms with E-state index in [4.69, 9.17) is 0 Å². The molecule has 0 fully saturated rings. The number of ketones is 1. The quantitative estimate of drug-likeness (QED) is 0.466. The second-order valence-electron chi connectivity index (χ2n) is 2.80. The zero-order chi connectivity index (χ0) is 9.61. The highest BCUT2D eigenvalue weighted by atomic mass is 32.2. The van der Waals surface area contributed by atoms with E-state index in [0.717, 1.165) is 5.75 Å². The Morgan fingerprint density at radius 2 is 2.17 bits per heavy atom. The summed E-state index contributed by atoms with van der Waals surface area (Å²) in [6.45, 7) is 11.3. The molecule has 0 bridgehead atoms. The lowest BCUT2D eigenvalue weighted by Gasteiger charge is -2.22. The third-order valence-corrected chi connectivity index (χ3v) is 2.92. The molecule has 0 N–H and O–H groups in total. The monoisotopic (exact) mass is 184 g/mol. The van der Waals surface area contributed by atoms with Crippen LogP contribution in [0.2, 0.25) is 0 Å². The zero-order valence-electron chi connectivity index (χ0n) is 7.80. The Morgan fingerprint density at radius 3 is 2.50 bits per heavy atom. The van der Waals surface area contributed by atoms with Gasteiger partial charge in [0.25, 0.3) is 0 Å². The van der Waals surface area contributed by atoms with E-state index in [9.17, 15) is 4.79 Å². The lowest BCUT2D eigenvalue weighted by Crippen LogP contribution is -2.20. The van der Waals surface area contributed by atoms with Crippen LogP contribution in [0, 0.1) is 0 Å². The molecule has 1 nitrogen and oxygen atoms in total. The largest absolute Gasteiger partial charge is 0.295 e. The first-order valence-corrected chi connectivity index (χ1v) is 4.99. The van der Waals surface area contributed by atoms with Gasteiger partial charge in [0.1, 0.15) is 0 Å². The van der Waals surface area contributed by atoms with Crippen molar-refractivity contribution >= 4 is 17.5 Å². The maximum atomic E-state index is 11.1. The third kappa shape index (κ3) is 3.77. The molecule has 0 radical (unpaired) electrons. The van der Waals surface area contributed by atoms with Crippen molar-refractivity contribution in [1.82, 2.24) is 0 Å². The average molecular weight is 184 g/mol. The van der Waals surface area contributed by atoms with Gasteiger partial charge in [-0.3, -0.25) is 4.79 Å². The fraction of sp³-hybridized carbons (Fsp3) is 0.500. The first kappa shape index (κ1) is 11.5. The molecule has 1 atom stereocenters. The summed E-state index contributed by atoms with van der Waals surface area (Å²) in [5.74, 6) is 1.07. The summed E-state index contributed by atoms with van der Waals surface area (Å²) in [4.78, 5) is 11.1. The molecule has 0 aromatic heterocycles. The molecule has 0 spiro atoms. The third-order valence-electron chi connectivity index (χ3n) is 1.66. The lowest BCUT2D eigenvalue weighted by atomic mass is 10.0. The Balaban J connectivity index is 4.21. The molecular formula is C10H16OS. The van der Waals surface area contributed by atoms with Crippen LogP contribution in [0.3, 0.4) is 0 Å². The smallest absolute Gasteiger partial charge is 0.156 e. The molecule has 0 aliphatic heterocycles. The molecule has 68 valence electrons. The van der Waals surface area contributed by atoms with Gasteiger partial charge in [0, 0.05) is 11.2 Å². The SMILES string of the molecule is C=CC(=O)CC(C)(C=C)SCC. The van der Waals surface area contributed by atoms with E-state index in [2.05, 4.69) is 20.1 Å². The van der Waals surface area contributed by atoms with E-state index in [1.165, 1.54) is 6.08 Å². The van der Waals surface area contributed by atoms with Crippen molar-refractivity contribution in [3.8, 4) is 0 Å². The van der Waals surface area contributed by atoms with Gasteiger partial charge in [-0.15, -0.1) is 6.58 Å². The molecular weight excluding hydrogens is 168 g/mol. The number of hydrogen-bond donors (Lipinski definition) is 0. The van der Waals surface area contributed by atoms with Crippen LogP contribution in [0.1, 0.15) is 20.3 Å². The molecule has 2 heteroatoms.